The lowest BCUT2D eigenvalue weighted by atomic mass is 9.65. The van der Waals surface area contributed by atoms with Crippen LogP contribution >= 0.6 is 11.3 Å². The van der Waals surface area contributed by atoms with Gasteiger partial charge >= 0.3 is 0 Å². The zero-order valence-electron chi connectivity index (χ0n) is 12.8. The van der Waals surface area contributed by atoms with E-state index >= 15 is 0 Å². The van der Waals surface area contributed by atoms with Crippen LogP contribution in [0, 0.1) is 18.3 Å². The Bertz CT molecular complexity index is 397. The smallest absolute Gasteiger partial charge is 0.0943 e. The van der Waals surface area contributed by atoms with E-state index in [4.69, 9.17) is 0 Å². The maximum atomic E-state index is 4.65. The Morgan fingerprint density at radius 3 is 2.84 bits per heavy atom. The van der Waals surface area contributed by atoms with Crippen LogP contribution in [0.3, 0.4) is 0 Å². The molecule has 0 aliphatic heterocycles. The molecule has 0 radical (unpaired) electrons. The highest BCUT2D eigenvalue weighted by molar-refractivity contribution is 7.09. The minimum absolute atomic E-state index is 0.470. The molecule has 1 saturated carbocycles. The molecule has 1 aromatic heterocycles. The van der Waals surface area contributed by atoms with Crippen molar-refractivity contribution in [2.45, 2.75) is 65.8 Å². The molecular formula is C16H28N2S. The van der Waals surface area contributed by atoms with Crippen LogP contribution in [0.25, 0.3) is 0 Å². The topological polar surface area (TPSA) is 24.9 Å². The van der Waals surface area contributed by atoms with E-state index in [-0.39, 0.29) is 0 Å². The summed E-state index contributed by atoms with van der Waals surface area (Å²) in [6, 6.07) is 0.589. The quantitative estimate of drug-likeness (QED) is 0.875. The zero-order valence-corrected chi connectivity index (χ0v) is 13.6. The Hall–Kier alpha value is -0.410. The number of aromatic nitrogens is 1. The van der Waals surface area contributed by atoms with E-state index in [2.05, 4.69) is 43.4 Å². The van der Waals surface area contributed by atoms with Gasteiger partial charge in [0.25, 0.3) is 0 Å². The Balaban J connectivity index is 2.10. The lowest BCUT2D eigenvalue weighted by molar-refractivity contribution is 0.0987. The molecular weight excluding hydrogens is 252 g/mol. The van der Waals surface area contributed by atoms with Crippen LogP contribution in [0.4, 0.5) is 0 Å². The molecule has 1 aromatic rings. The van der Waals surface area contributed by atoms with Crippen LogP contribution in [0.1, 0.15) is 57.2 Å². The number of likely N-dealkylation sites (N-methyl/N-ethyl adjacent to an activating group) is 1. The first-order chi connectivity index (χ1) is 9.03. The molecule has 0 saturated heterocycles. The maximum absolute atomic E-state index is 4.65. The number of hydrogen-bond donors (Lipinski definition) is 1. The van der Waals surface area contributed by atoms with Crippen LogP contribution in [0.5, 0.6) is 0 Å². The second kappa shape index (κ2) is 6.36. The van der Waals surface area contributed by atoms with Gasteiger partial charge < -0.3 is 5.32 Å². The van der Waals surface area contributed by atoms with Crippen molar-refractivity contribution in [1.29, 1.82) is 0 Å². The molecule has 0 spiro atoms. The van der Waals surface area contributed by atoms with Gasteiger partial charge in [0.05, 0.1) is 5.01 Å². The number of nitrogens with zero attached hydrogens (tertiary/aromatic N) is 1. The van der Waals surface area contributed by atoms with Gasteiger partial charge in [0.2, 0.25) is 0 Å². The van der Waals surface area contributed by atoms with Crippen LogP contribution in [-0.4, -0.2) is 17.6 Å². The van der Waals surface area contributed by atoms with E-state index in [1.807, 2.05) is 11.3 Å². The summed E-state index contributed by atoms with van der Waals surface area (Å²) >= 11 is 1.82. The van der Waals surface area contributed by atoms with Crippen LogP contribution < -0.4 is 5.32 Å². The standard InChI is InChI=1S/C16H28N2S/c1-5-17-14(10-15-18-12(2)11-19-15)13-8-6-7-9-16(13,3)4/h11,13-14,17H,5-10H2,1-4H3. The van der Waals surface area contributed by atoms with Gasteiger partial charge in [-0.1, -0.05) is 33.6 Å². The monoisotopic (exact) mass is 280 g/mol. The van der Waals surface area contributed by atoms with Crippen molar-refractivity contribution in [3.63, 3.8) is 0 Å². The van der Waals surface area contributed by atoms with Gasteiger partial charge in [-0.25, -0.2) is 4.98 Å². The summed E-state index contributed by atoms with van der Waals surface area (Å²) in [6.45, 7) is 10.3. The van der Waals surface area contributed by atoms with Crippen molar-refractivity contribution in [2.24, 2.45) is 11.3 Å². The van der Waals surface area contributed by atoms with Gasteiger partial charge in [-0.15, -0.1) is 11.3 Å². The third-order valence-electron chi connectivity index (χ3n) is 4.60. The van der Waals surface area contributed by atoms with E-state index in [9.17, 15) is 0 Å². The zero-order chi connectivity index (χ0) is 13.9. The van der Waals surface area contributed by atoms with Gasteiger partial charge in [0, 0.05) is 23.5 Å². The Kier molecular flexibility index (Phi) is 5.02. The van der Waals surface area contributed by atoms with Gasteiger partial charge in [0.15, 0.2) is 0 Å². The van der Waals surface area contributed by atoms with E-state index in [0.717, 1.165) is 24.6 Å². The number of rotatable bonds is 5. The summed E-state index contributed by atoms with van der Waals surface area (Å²) in [4.78, 5) is 4.65. The molecule has 1 aliphatic rings. The minimum Gasteiger partial charge on any atom is -0.314 e. The number of thiazole rings is 1. The highest BCUT2D eigenvalue weighted by atomic mass is 32.1. The summed E-state index contributed by atoms with van der Waals surface area (Å²) in [5.74, 6) is 0.783. The molecule has 0 bridgehead atoms. The van der Waals surface area contributed by atoms with Crippen molar-refractivity contribution in [2.75, 3.05) is 6.54 Å². The van der Waals surface area contributed by atoms with Gasteiger partial charge in [-0.2, -0.15) is 0 Å². The van der Waals surface area contributed by atoms with Gasteiger partial charge in [-0.05, 0) is 37.6 Å². The fraction of sp³-hybridized carbons (Fsp3) is 0.812. The average Bonchev–Trinajstić information content (AvgIpc) is 2.74. The third kappa shape index (κ3) is 3.79. The summed E-state index contributed by atoms with van der Waals surface area (Å²) < 4.78 is 0. The molecule has 0 amide bonds. The number of nitrogens with one attached hydrogen (secondary N) is 1. The predicted octanol–water partition coefficient (Wildman–Crippen LogP) is 4.19. The van der Waals surface area contributed by atoms with E-state index in [0.29, 0.717) is 11.5 Å². The van der Waals surface area contributed by atoms with Crippen molar-refractivity contribution in [3.05, 3.63) is 16.1 Å². The maximum Gasteiger partial charge on any atom is 0.0943 e. The fourth-order valence-electron chi connectivity index (χ4n) is 3.57. The van der Waals surface area contributed by atoms with Gasteiger partial charge in [-0.3, -0.25) is 0 Å². The highest BCUT2D eigenvalue weighted by Crippen LogP contribution is 2.43. The van der Waals surface area contributed by atoms with Crippen molar-refractivity contribution in [3.8, 4) is 0 Å². The van der Waals surface area contributed by atoms with Gasteiger partial charge in [0.1, 0.15) is 0 Å². The third-order valence-corrected chi connectivity index (χ3v) is 5.59. The molecule has 2 rings (SSSR count). The normalized spacial score (nSPS) is 24.3. The van der Waals surface area contributed by atoms with E-state index in [1.165, 1.54) is 30.7 Å². The second-order valence-corrected chi connectivity index (χ2v) is 7.53. The second-order valence-electron chi connectivity index (χ2n) is 6.59. The molecule has 2 unspecified atom stereocenters. The Morgan fingerprint density at radius 2 is 2.26 bits per heavy atom. The summed E-state index contributed by atoms with van der Waals surface area (Å²) in [5, 5.41) is 7.20. The molecule has 0 aromatic carbocycles. The molecule has 19 heavy (non-hydrogen) atoms. The molecule has 2 nitrogen and oxygen atoms in total. The van der Waals surface area contributed by atoms with Crippen molar-refractivity contribution >= 4 is 11.3 Å². The molecule has 1 fully saturated rings. The first kappa shape index (κ1) is 15.0. The average molecular weight is 280 g/mol. The number of aryl methyl sites for hydroxylation is 1. The van der Waals surface area contributed by atoms with E-state index < -0.39 is 0 Å². The molecule has 108 valence electrons. The Morgan fingerprint density at radius 1 is 1.47 bits per heavy atom. The molecule has 1 aliphatic carbocycles. The molecule has 3 heteroatoms. The highest BCUT2D eigenvalue weighted by Gasteiger charge is 2.37. The van der Waals surface area contributed by atoms with Crippen LogP contribution in [-0.2, 0) is 6.42 Å². The molecule has 2 atom stereocenters. The van der Waals surface area contributed by atoms with Crippen LogP contribution in [0.2, 0.25) is 0 Å². The minimum atomic E-state index is 0.470. The van der Waals surface area contributed by atoms with Crippen LogP contribution in [0.15, 0.2) is 5.38 Å². The summed E-state index contributed by atoms with van der Waals surface area (Å²) in [6.07, 6.45) is 6.64. The lowest BCUT2D eigenvalue weighted by Crippen LogP contribution is -2.46. The SMILES string of the molecule is CCNC(Cc1nc(C)cs1)C1CCCCC1(C)C. The summed E-state index contributed by atoms with van der Waals surface area (Å²) in [5.41, 5.74) is 1.63. The Labute approximate surface area is 122 Å². The lowest BCUT2D eigenvalue weighted by Gasteiger charge is -2.43. The molecule has 1 N–H and O–H groups in total. The first-order valence-corrected chi connectivity index (χ1v) is 8.55. The summed E-state index contributed by atoms with van der Waals surface area (Å²) in [7, 11) is 0. The predicted molar refractivity (Wildman–Crippen MR) is 83.8 cm³/mol. The first-order valence-electron chi connectivity index (χ1n) is 7.67. The van der Waals surface area contributed by atoms with Crippen molar-refractivity contribution < 1.29 is 0 Å². The van der Waals surface area contributed by atoms with Crippen molar-refractivity contribution in [1.82, 2.24) is 10.3 Å². The number of hydrogen-bond acceptors (Lipinski definition) is 3. The van der Waals surface area contributed by atoms with E-state index in [1.54, 1.807) is 0 Å². The largest absolute Gasteiger partial charge is 0.314 e. The molecule has 1 heterocycles. The fourth-order valence-corrected chi connectivity index (χ4v) is 4.40.